The molecule has 2 nitrogen and oxygen atoms in total. The van der Waals surface area contributed by atoms with Crippen LogP contribution in [0, 0.1) is 12.8 Å². The molecule has 0 aliphatic carbocycles. The summed E-state index contributed by atoms with van der Waals surface area (Å²) in [6.07, 6.45) is 3.63. The molecule has 1 N–H and O–H groups in total. The van der Waals surface area contributed by atoms with Crippen molar-refractivity contribution in [2.75, 3.05) is 6.54 Å². The van der Waals surface area contributed by atoms with Gasteiger partial charge in [0.15, 0.2) is 0 Å². The Hall–Kier alpha value is -0.410. The third-order valence-corrected chi connectivity index (χ3v) is 3.87. The summed E-state index contributed by atoms with van der Waals surface area (Å²) in [4.78, 5) is 4.50. The highest BCUT2D eigenvalue weighted by atomic mass is 32.1. The largest absolute Gasteiger partial charge is 0.314 e. The Kier molecular flexibility index (Phi) is 5.99. The maximum atomic E-state index is 4.50. The topological polar surface area (TPSA) is 24.9 Å². The number of hydrogen-bond acceptors (Lipinski definition) is 3. The second-order valence-corrected chi connectivity index (χ2v) is 5.63. The highest BCUT2D eigenvalue weighted by Crippen LogP contribution is 2.14. The summed E-state index contributed by atoms with van der Waals surface area (Å²) in [6.45, 7) is 9.90. The van der Waals surface area contributed by atoms with E-state index in [9.17, 15) is 0 Å². The van der Waals surface area contributed by atoms with Crippen LogP contribution >= 0.6 is 11.3 Å². The van der Waals surface area contributed by atoms with E-state index in [2.05, 4.69) is 43.4 Å². The molecule has 1 aromatic heterocycles. The van der Waals surface area contributed by atoms with E-state index >= 15 is 0 Å². The number of aromatic nitrogens is 1. The number of hydrogen-bond donors (Lipinski definition) is 1. The zero-order valence-electron chi connectivity index (χ0n) is 10.9. The second-order valence-electron chi connectivity index (χ2n) is 4.68. The minimum atomic E-state index is 0.658. The van der Waals surface area contributed by atoms with Crippen LogP contribution in [0.1, 0.15) is 44.3 Å². The van der Waals surface area contributed by atoms with Gasteiger partial charge >= 0.3 is 0 Å². The summed E-state index contributed by atoms with van der Waals surface area (Å²) in [5.41, 5.74) is 1.16. The first-order valence-corrected chi connectivity index (χ1v) is 7.15. The minimum absolute atomic E-state index is 0.658. The lowest BCUT2D eigenvalue weighted by atomic mass is 9.98. The summed E-state index contributed by atoms with van der Waals surface area (Å²) in [5.74, 6) is 0.720. The van der Waals surface area contributed by atoms with Gasteiger partial charge in [-0.3, -0.25) is 0 Å². The fourth-order valence-electron chi connectivity index (χ4n) is 1.92. The number of rotatable bonds is 7. The van der Waals surface area contributed by atoms with Crippen molar-refractivity contribution in [3.8, 4) is 0 Å². The second kappa shape index (κ2) is 7.02. The predicted octanol–water partition coefficient (Wildman–Crippen LogP) is 3.41. The lowest BCUT2D eigenvalue weighted by molar-refractivity contribution is 0.377. The lowest BCUT2D eigenvalue weighted by Gasteiger charge is -2.21. The van der Waals surface area contributed by atoms with Gasteiger partial charge in [0.05, 0.1) is 5.01 Å². The quantitative estimate of drug-likeness (QED) is 0.790. The van der Waals surface area contributed by atoms with Crippen LogP contribution in [-0.4, -0.2) is 17.6 Å². The average Bonchev–Trinajstić information content (AvgIpc) is 2.63. The Morgan fingerprint density at radius 3 is 2.69 bits per heavy atom. The molecule has 1 unspecified atom stereocenters. The van der Waals surface area contributed by atoms with E-state index in [1.54, 1.807) is 11.3 Å². The van der Waals surface area contributed by atoms with E-state index in [1.807, 2.05) is 0 Å². The van der Waals surface area contributed by atoms with Gasteiger partial charge < -0.3 is 5.32 Å². The van der Waals surface area contributed by atoms with Crippen LogP contribution in [0.15, 0.2) is 5.38 Å². The molecule has 0 aromatic carbocycles. The summed E-state index contributed by atoms with van der Waals surface area (Å²) < 4.78 is 0. The van der Waals surface area contributed by atoms with Crippen LogP contribution in [0.2, 0.25) is 0 Å². The zero-order chi connectivity index (χ0) is 12.0. The molecule has 1 aromatic rings. The molecular formula is C13H24N2S. The maximum Gasteiger partial charge on any atom is 0.0928 e. The van der Waals surface area contributed by atoms with Crippen molar-refractivity contribution in [3.63, 3.8) is 0 Å². The number of thiazole rings is 1. The van der Waals surface area contributed by atoms with Crippen LogP contribution in [0.5, 0.6) is 0 Å². The van der Waals surface area contributed by atoms with Crippen LogP contribution in [0.4, 0.5) is 0 Å². The van der Waals surface area contributed by atoms with Gasteiger partial charge in [0, 0.05) is 17.1 Å². The monoisotopic (exact) mass is 240 g/mol. The summed E-state index contributed by atoms with van der Waals surface area (Å²) in [7, 11) is 0. The van der Waals surface area contributed by atoms with Crippen molar-refractivity contribution < 1.29 is 0 Å². The Labute approximate surface area is 103 Å². The van der Waals surface area contributed by atoms with Gasteiger partial charge in [0.25, 0.3) is 0 Å². The zero-order valence-corrected chi connectivity index (χ0v) is 11.7. The Morgan fingerprint density at radius 1 is 1.44 bits per heavy atom. The normalized spacial score (nSPS) is 13.3. The molecule has 0 spiro atoms. The number of nitrogens with zero attached hydrogens (tertiary/aromatic N) is 1. The lowest BCUT2D eigenvalue weighted by Crippen LogP contribution is -2.33. The molecule has 92 valence electrons. The van der Waals surface area contributed by atoms with Crippen LogP contribution in [0.3, 0.4) is 0 Å². The van der Waals surface area contributed by atoms with E-state index in [0.29, 0.717) is 6.04 Å². The van der Waals surface area contributed by atoms with Crippen molar-refractivity contribution in [3.05, 3.63) is 16.1 Å². The predicted molar refractivity (Wildman–Crippen MR) is 72.1 cm³/mol. The fraction of sp³-hybridized carbons (Fsp3) is 0.769. The van der Waals surface area contributed by atoms with Crippen molar-refractivity contribution in [2.45, 2.75) is 53.0 Å². The smallest absolute Gasteiger partial charge is 0.0928 e. The Morgan fingerprint density at radius 2 is 2.19 bits per heavy atom. The first-order chi connectivity index (χ1) is 7.63. The van der Waals surface area contributed by atoms with E-state index in [-0.39, 0.29) is 0 Å². The van der Waals surface area contributed by atoms with Crippen LogP contribution in [0.25, 0.3) is 0 Å². The van der Waals surface area contributed by atoms with Crippen molar-refractivity contribution >= 4 is 11.3 Å². The third-order valence-electron chi connectivity index (χ3n) is 2.84. The molecule has 1 rings (SSSR count). The molecule has 0 radical (unpaired) electrons. The third kappa shape index (κ3) is 4.62. The molecule has 0 bridgehead atoms. The average molecular weight is 240 g/mol. The summed E-state index contributed by atoms with van der Waals surface area (Å²) in [6, 6.07) is 0.658. The molecule has 0 amide bonds. The van der Waals surface area contributed by atoms with Crippen LogP contribution < -0.4 is 5.32 Å². The minimum Gasteiger partial charge on any atom is -0.314 e. The number of aryl methyl sites for hydroxylation is 2. The first kappa shape index (κ1) is 13.7. The van der Waals surface area contributed by atoms with Gasteiger partial charge in [-0.05, 0) is 38.6 Å². The van der Waals surface area contributed by atoms with E-state index in [4.69, 9.17) is 0 Å². The SMILES string of the molecule is CCNC(CCCc1nc(C)cs1)C(C)C. The van der Waals surface area contributed by atoms with E-state index in [0.717, 1.165) is 24.6 Å². The Balaban J connectivity index is 2.27. The highest BCUT2D eigenvalue weighted by molar-refractivity contribution is 7.09. The van der Waals surface area contributed by atoms with Gasteiger partial charge in [-0.15, -0.1) is 11.3 Å². The van der Waals surface area contributed by atoms with E-state index < -0.39 is 0 Å². The summed E-state index contributed by atoms with van der Waals surface area (Å²) in [5, 5.41) is 6.98. The van der Waals surface area contributed by atoms with Gasteiger partial charge in [-0.25, -0.2) is 4.98 Å². The van der Waals surface area contributed by atoms with Crippen LogP contribution in [-0.2, 0) is 6.42 Å². The fourth-order valence-corrected chi connectivity index (χ4v) is 2.74. The molecule has 3 heteroatoms. The molecule has 0 aliphatic heterocycles. The highest BCUT2D eigenvalue weighted by Gasteiger charge is 2.11. The molecular weight excluding hydrogens is 216 g/mol. The molecule has 0 saturated carbocycles. The first-order valence-electron chi connectivity index (χ1n) is 6.27. The van der Waals surface area contributed by atoms with Crippen molar-refractivity contribution in [2.24, 2.45) is 5.92 Å². The molecule has 0 saturated heterocycles. The van der Waals surface area contributed by atoms with Gasteiger partial charge in [-0.1, -0.05) is 20.8 Å². The van der Waals surface area contributed by atoms with Gasteiger partial charge in [0.2, 0.25) is 0 Å². The van der Waals surface area contributed by atoms with E-state index in [1.165, 1.54) is 17.8 Å². The molecule has 0 fully saturated rings. The van der Waals surface area contributed by atoms with Gasteiger partial charge in [0.1, 0.15) is 0 Å². The Bertz CT molecular complexity index is 294. The standard InChI is InChI=1S/C13H24N2S/c1-5-14-12(10(2)3)7-6-8-13-15-11(4)9-16-13/h9-10,12,14H,5-8H2,1-4H3. The van der Waals surface area contributed by atoms with Gasteiger partial charge in [-0.2, -0.15) is 0 Å². The van der Waals surface area contributed by atoms with Crippen molar-refractivity contribution in [1.82, 2.24) is 10.3 Å². The molecule has 16 heavy (non-hydrogen) atoms. The molecule has 1 atom stereocenters. The van der Waals surface area contributed by atoms with Crippen molar-refractivity contribution in [1.29, 1.82) is 0 Å². The number of nitrogens with one attached hydrogen (secondary N) is 1. The molecule has 1 heterocycles. The summed E-state index contributed by atoms with van der Waals surface area (Å²) >= 11 is 1.79. The maximum absolute atomic E-state index is 4.50. The molecule has 0 aliphatic rings.